The van der Waals surface area contributed by atoms with Gasteiger partial charge in [0, 0.05) is 25.2 Å². The second-order valence-electron chi connectivity index (χ2n) is 6.09. The molecule has 1 aliphatic heterocycles. The molecule has 0 amide bonds. The Balaban J connectivity index is 2.67. The highest BCUT2D eigenvalue weighted by Gasteiger charge is 2.43. The number of nitrogens with zero attached hydrogens (tertiary/aromatic N) is 2. The second kappa shape index (κ2) is 5.43. The van der Waals surface area contributed by atoms with E-state index in [-0.39, 0.29) is 11.1 Å². The van der Waals surface area contributed by atoms with Gasteiger partial charge in [-0.3, -0.25) is 0 Å². The van der Waals surface area contributed by atoms with Crippen molar-refractivity contribution >= 4 is 28.6 Å². The Hall–Kier alpha value is 0.160. The molecule has 1 saturated heterocycles. The van der Waals surface area contributed by atoms with E-state index < -0.39 is 0 Å². The molecule has 0 atom stereocenters. The second-order valence-corrected chi connectivity index (χ2v) is 7.44. The molecule has 0 aromatic carbocycles. The van der Waals surface area contributed by atoms with Crippen molar-refractivity contribution in [1.82, 2.24) is 9.96 Å². The van der Waals surface area contributed by atoms with Crippen molar-refractivity contribution in [3.8, 4) is 0 Å². The molecule has 1 fully saturated rings. The van der Waals surface area contributed by atoms with E-state index in [4.69, 9.17) is 16.5 Å². The Labute approximate surface area is 115 Å². The minimum Gasteiger partial charge on any atom is -0.362 e. The first-order valence-electron chi connectivity index (χ1n) is 6.03. The van der Waals surface area contributed by atoms with Gasteiger partial charge in [0.2, 0.25) is 0 Å². The van der Waals surface area contributed by atoms with Gasteiger partial charge >= 0.3 is 0 Å². The average Bonchev–Trinajstić information content (AvgIpc) is 2.14. The van der Waals surface area contributed by atoms with Crippen LogP contribution in [-0.4, -0.2) is 39.5 Å². The molecule has 100 valence electrons. The first kappa shape index (κ1) is 15.2. The van der Waals surface area contributed by atoms with E-state index in [2.05, 4.69) is 32.8 Å². The molecule has 0 aromatic rings. The highest BCUT2D eigenvalue weighted by molar-refractivity contribution is 8.19. The number of thiocarbonyl (C=S) groups is 1. The normalized spacial score (nSPS) is 23.4. The maximum absolute atomic E-state index is 5.90. The molecule has 0 unspecified atom stereocenters. The van der Waals surface area contributed by atoms with Gasteiger partial charge in [-0.25, -0.2) is 4.28 Å². The van der Waals surface area contributed by atoms with Crippen molar-refractivity contribution in [3.05, 3.63) is 0 Å². The summed E-state index contributed by atoms with van der Waals surface area (Å²) in [5.41, 5.74) is 0.132. The molecule has 0 bridgehead atoms. The predicted octanol–water partition coefficient (Wildman–Crippen LogP) is 3.46. The summed E-state index contributed by atoms with van der Waals surface area (Å²) in [6.45, 7) is 8.92. The molecule has 0 radical (unpaired) electrons. The summed E-state index contributed by atoms with van der Waals surface area (Å²) in [6.07, 6.45) is 3.57. The van der Waals surface area contributed by atoms with Crippen molar-refractivity contribution in [1.29, 1.82) is 0 Å². The lowest BCUT2D eigenvalue weighted by Crippen LogP contribution is -2.57. The van der Waals surface area contributed by atoms with Crippen LogP contribution in [0.3, 0.4) is 0 Å². The van der Waals surface area contributed by atoms with E-state index in [0.717, 1.165) is 17.2 Å². The van der Waals surface area contributed by atoms with Crippen molar-refractivity contribution in [2.75, 3.05) is 14.1 Å². The Morgan fingerprint density at radius 3 is 2.06 bits per heavy atom. The lowest BCUT2D eigenvalue weighted by molar-refractivity contribution is -0.205. The summed E-state index contributed by atoms with van der Waals surface area (Å²) < 4.78 is 6.66. The molecule has 0 aromatic heterocycles. The number of hydrogen-bond acceptors (Lipinski definition) is 4. The fraction of sp³-hybridized carbons (Fsp3) is 0.917. The van der Waals surface area contributed by atoms with Gasteiger partial charge in [-0.2, -0.15) is 5.06 Å². The van der Waals surface area contributed by atoms with Gasteiger partial charge < -0.3 is 4.90 Å². The van der Waals surface area contributed by atoms with Crippen molar-refractivity contribution < 1.29 is 4.28 Å². The highest BCUT2D eigenvalue weighted by Crippen LogP contribution is 2.39. The SMILES string of the molecule is CN(C)C(=S)SON1C(C)(C)CCCC1(C)C. The lowest BCUT2D eigenvalue weighted by atomic mass is 9.82. The molecule has 0 saturated carbocycles. The summed E-state index contributed by atoms with van der Waals surface area (Å²) in [5.74, 6) is 0. The Kier molecular flexibility index (Phi) is 4.86. The van der Waals surface area contributed by atoms with Gasteiger partial charge in [-0.1, -0.05) is 12.2 Å². The van der Waals surface area contributed by atoms with Gasteiger partial charge in [0.1, 0.15) is 0 Å². The summed E-state index contributed by atoms with van der Waals surface area (Å²) in [7, 11) is 3.87. The molecule has 17 heavy (non-hydrogen) atoms. The predicted molar refractivity (Wildman–Crippen MR) is 78.8 cm³/mol. The quantitative estimate of drug-likeness (QED) is 0.565. The maximum Gasteiger partial charge on any atom is 0.165 e. The fourth-order valence-electron chi connectivity index (χ4n) is 2.32. The molecular weight excluding hydrogens is 252 g/mol. The van der Waals surface area contributed by atoms with Crippen LogP contribution < -0.4 is 0 Å². The molecule has 0 N–H and O–H groups in total. The van der Waals surface area contributed by atoms with Gasteiger partial charge in [0.15, 0.2) is 4.32 Å². The standard InChI is InChI=1S/C12H24N2OS2/c1-11(2)8-7-9-12(3,4)14(11)15-17-10(16)13(5)6/h7-9H2,1-6H3. The van der Waals surface area contributed by atoms with Crippen LogP contribution in [-0.2, 0) is 4.28 Å². The van der Waals surface area contributed by atoms with E-state index in [1.807, 2.05) is 19.0 Å². The first-order chi connectivity index (χ1) is 7.67. The first-order valence-corrected chi connectivity index (χ1v) is 7.18. The van der Waals surface area contributed by atoms with Crippen molar-refractivity contribution in [2.45, 2.75) is 58.0 Å². The Bertz CT molecular complexity index is 274. The maximum atomic E-state index is 5.90. The molecule has 3 nitrogen and oxygen atoms in total. The van der Waals surface area contributed by atoms with Gasteiger partial charge in [-0.15, -0.1) is 0 Å². The molecule has 5 heteroatoms. The Morgan fingerprint density at radius 1 is 1.18 bits per heavy atom. The van der Waals surface area contributed by atoms with Gasteiger partial charge in [0.25, 0.3) is 0 Å². The van der Waals surface area contributed by atoms with E-state index in [9.17, 15) is 0 Å². The van der Waals surface area contributed by atoms with Crippen LogP contribution in [0.4, 0.5) is 0 Å². The third kappa shape index (κ3) is 3.81. The highest BCUT2D eigenvalue weighted by atomic mass is 32.2. The zero-order chi connectivity index (χ0) is 13.3. The monoisotopic (exact) mass is 276 g/mol. The van der Waals surface area contributed by atoms with E-state index >= 15 is 0 Å². The van der Waals surface area contributed by atoms with Gasteiger partial charge in [0.05, 0.1) is 12.0 Å². The fourth-order valence-corrected chi connectivity index (χ4v) is 3.10. The number of piperidine rings is 1. The lowest BCUT2D eigenvalue weighted by Gasteiger charge is -2.50. The smallest absolute Gasteiger partial charge is 0.165 e. The van der Waals surface area contributed by atoms with E-state index in [1.165, 1.54) is 18.5 Å². The molecular formula is C12H24N2OS2. The summed E-state index contributed by atoms with van der Waals surface area (Å²) in [5, 5.41) is 2.12. The topological polar surface area (TPSA) is 15.7 Å². The van der Waals surface area contributed by atoms with Gasteiger partial charge in [-0.05, 0) is 47.0 Å². The third-order valence-electron chi connectivity index (χ3n) is 3.22. The van der Waals surface area contributed by atoms with Crippen molar-refractivity contribution in [2.24, 2.45) is 0 Å². The van der Waals surface area contributed by atoms with Crippen LogP contribution in [0, 0.1) is 0 Å². The van der Waals surface area contributed by atoms with E-state index in [1.54, 1.807) is 0 Å². The zero-order valence-corrected chi connectivity index (χ0v) is 13.4. The molecule has 1 rings (SSSR count). The van der Waals surface area contributed by atoms with E-state index in [0.29, 0.717) is 0 Å². The van der Waals surface area contributed by atoms with Crippen LogP contribution in [0.5, 0.6) is 0 Å². The van der Waals surface area contributed by atoms with Crippen LogP contribution in [0.2, 0.25) is 0 Å². The van der Waals surface area contributed by atoms with Crippen LogP contribution in [0.1, 0.15) is 47.0 Å². The summed E-state index contributed by atoms with van der Waals surface area (Å²) >= 11 is 6.51. The van der Waals surface area contributed by atoms with Crippen molar-refractivity contribution in [3.63, 3.8) is 0 Å². The number of rotatable bonds is 2. The molecule has 1 aliphatic rings. The minimum atomic E-state index is 0.0661. The zero-order valence-electron chi connectivity index (χ0n) is 11.7. The molecule has 1 heterocycles. The summed E-state index contributed by atoms with van der Waals surface area (Å²) in [6, 6.07) is 0. The van der Waals surface area contributed by atoms with Crippen LogP contribution >= 0.6 is 24.3 Å². The largest absolute Gasteiger partial charge is 0.362 e. The number of hydrogen-bond donors (Lipinski definition) is 0. The molecule has 0 aliphatic carbocycles. The minimum absolute atomic E-state index is 0.0661. The van der Waals surface area contributed by atoms with Crippen LogP contribution in [0.15, 0.2) is 0 Å². The van der Waals surface area contributed by atoms with Crippen LogP contribution in [0.25, 0.3) is 0 Å². The number of hydroxylamine groups is 2. The summed E-state index contributed by atoms with van der Waals surface area (Å²) in [4.78, 5) is 1.89. The Morgan fingerprint density at radius 2 is 1.65 bits per heavy atom. The third-order valence-corrected chi connectivity index (χ3v) is 4.53. The average molecular weight is 276 g/mol. The molecule has 0 spiro atoms.